The lowest BCUT2D eigenvalue weighted by Crippen LogP contribution is -2.24. The van der Waals surface area contributed by atoms with Crippen molar-refractivity contribution in [3.8, 4) is 23.3 Å². The fourth-order valence-electron chi connectivity index (χ4n) is 3.56. The number of hydrogen-bond donors (Lipinski definition) is 0. The highest BCUT2D eigenvalue weighted by Crippen LogP contribution is 2.70. The average Bonchev–Trinajstić information content (AvgIpc) is 3.11. The van der Waals surface area contributed by atoms with E-state index in [-0.39, 0.29) is 27.5 Å². The van der Waals surface area contributed by atoms with Crippen LogP contribution in [0, 0.1) is 33.9 Å². The van der Waals surface area contributed by atoms with E-state index in [9.17, 15) is 14.4 Å². The smallest absolute Gasteiger partial charge is 0.318 e. The highest BCUT2D eigenvalue weighted by atomic mass is 35.5. The van der Waals surface area contributed by atoms with Crippen LogP contribution >= 0.6 is 23.2 Å². The maximum atomic E-state index is 14.4. The number of esters is 1. The number of nitrogens with zero attached hydrogens (tertiary/aromatic N) is 1. The number of benzene rings is 2. The van der Waals surface area contributed by atoms with Crippen LogP contribution in [0.25, 0.3) is 0 Å². The maximum absolute atomic E-state index is 14.4. The number of rotatable bonds is 5. The molecule has 0 N–H and O–H groups in total. The Hall–Kier alpha value is -2.55. The molecule has 29 heavy (non-hydrogen) atoms. The van der Waals surface area contributed by atoms with Gasteiger partial charge < -0.3 is 9.47 Å². The molecule has 1 aliphatic rings. The normalized spacial score (nSPS) is 21.6. The van der Waals surface area contributed by atoms with Crippen molar-refractivity contribution in [1.29, 1.82) is 5.26 Å². The van der Waals surface area contributed by atoms with E-state index in [0.29, 0.717) is 5.75 Å². The van der Waals surface area contributed by atoms with Crippen molar-refractivity contribution in [1.82, 2.24) is 0 Å². The molecule has 0 spiro atoms. The predicted molar refractivity (Wildman–Crippen MR) is 108 cm³/mol. The molecule has 1 saturated carbocycles. The van der Waals surface area contributed by atoms with Gasteiger partial charge in [0.05, 0.1) is 5.41 Å². The van der Waals surface area contributed by atoms with Gasteiger partial charge in [-0.2, -0.15) is 5.26 Å². The summed E-state index contributed by atoms with van der Waals surface area (Å²) in [4.78, 5) is 12.9. The maximum Gasteiger partial charge on any atom is 0.318 e. The van der Waals surface area contributed by atoms with E-state index in [1.807, 2.05) is 19.9 Å². The molecule has 2 atom stereocenters. The Morgan fingerprint density at radius 3 is 2.41 bits per heavy atom. The van der Waals surface area contributed by atoms with Gasteiger partial charge in [0.15, 0.2) is 17.3 Å². The average molecular weight is 434 g/mol. The third-order valence-corrected chi connectivity index (χ3v) is 5.97. The highest BCUT2D eigenvalue weighted by molar-refractivity contribution is 6.55. The third kappa shape index (κ3) is 3.71. The van der Waals surface area contributed by atoms with E-state index in [1.165, 1.54) is 6.07 Å². The molecule has 150 valence electrons. The molecule has 4 nitrogen and oxygen atoms in total. The Kier molecular flexibility index (Phi) is 5.62. The lowest BCUT2D eigenvalue weighted by atomic mass is 9.98. The Balaban J connectivity index is 1.92. The second kappa shape index (κ2) is 7.70. The number of para-hydroxylation sites is 1. The van der Waals surface area contributed by atoms with Gasteiger partial charge in [-0.05, 0) is 42.7 Å². The summed E-state index contributed by atoms with van der Waals surface area (Å²) in [5, 5.41) is 9.57. The van der Waals surface area contributed by atoms with Crippen molar-refractivity contribution in [3.63, 3.8) is 0 Å². The summed E-state index contributed by atoms with van der Waals surface area (Å²) in [7, 11) is 0. The van der Waals surface area contributed by atoms with Gasteiger partial charge in [0.25, 0.3) is 0 Å². The van der Waals surface area contributed by atoms with Crippen LogP contribution in [0.4, 0.5) is 4.39 Å². The molecule has 0 bridgehead atoms. The van der Waals surface area contributed by atoms with Crippen molar-refractivity contribution in [2.24, 2.45) is 16.7 Å². The van der Waals surface area contributed by atoms with Crippen LogP contribution in [0.15, 0.2) is 53.0 Å². The van der Waals surface area contributed by atoms with E-state index in [0.717, 1.165) is 6.07 Å². The number of carbonyl (C=O) groups excluding carboxylic acids is 1. The molecule has 1 aliphatic carbocycles. The van der Waals surface area contributed by atoms with E-state index < -0.39 is 22.6 Å². The van der Waals surface area contributed by atoms with Crippen molar-refractivity contribution in [2.45, 2.75) is 20.8 Å². The zero-order valence-electron chi connectivity index (χ0n) is 16.0. The molecule has 0 heterocycles. The molecule has 0 aliphatic heterocycles. The number of ether oxygens (including phenoxy) is 2. The zero-order valence-corrected chi connectivity index (χ0v) is 17.5. The number of nitriles is 1. The molecular formula is C22H18Cl2FNO3. The van der Waals surface area contributed by atoms with E-state index in [2.05, 4.69) is 0 Å². The fourth-order valence-corrected chi connectivity index (χ4v) is 3.81. The quantitative estimate of drug-likeness (QED) is 0.405. The lowest BCUT2D eigenvalue weighted by Gasteiger charge is -2.16. The summed E-state index contributed by atoms with van der Waals surface area (Å²) < 4.78 is 25.5. The molecule has 0 saturated heterocycles. The molecule has 0 amide bonds. The predicted octanol–water partition coefficient (Wildman–Crippen LogP) is 6.38. The molecule has 0 radical (unpaired) electrons. The first-order chi connectivity index (χ1) is 13.6. The summed E-state index contributed by atoms with van der Waals surface area (Å²) in [6.45, 7) is 5.53. The second-order valence-electron chi connectivity index (χ2n) is 7.52. The van der Waals surface area contributed by atoms with E-state index in [4.69, 9.17) is 32.7 Å². The Morgan fingerprint density at radius 2 is 1.83 bits per heavy atom. The van der Waals surface area contributed by atoms with Gasteiger partial charge in [-0.15, -0.1) is 0 Å². The molecule has 7 heteroatoms. The molecule has 1 fully saturated rings. The number of hydrogen-bond acceptors (Lipinski definition) is 4. The summed E-state index contributed by atoms with van der Waals surface area (Å²) >= 11 is 11.5. The second-order valence-corrected chi connectivity index (χ2v) is 8.53. The molecule has 2 unspecified atom stereocenters. The van der Waals surface area contributed by atoms with Gasteiger partial charge in [0, 0.05) is 5.92 Å². The minimum absolute atomic E-state index is 0.0673. The van der Waals surface area contributed by atoms with E-state index >= 15 is 0 Å². The van der Waals surface area contributed by atoms with Crippen molar-refractivity contribution >= 4 is 29.2 Å². The first-order valence-corrected chi connectivity index (χ1v) is 9.59. The Morgan fingerprint density at radius 1 is 1.17 bits per heavy atom. The largest absolute Gasteiger partial charge is 0.453 e. The lowest BCUT2D eigenvalue weighted by molar-refractivity contribution is -0.141. The van der Waals surface area contributed by atoms with Crippen LogP contribution in [-0.2, 0) is 4.79 Å². The third-order valence-electron chi connectivity index (χ3n) is 5.72. The van der Waals surface area contributed by atoms with Gasteiger partial charge in [0.2, 0.25) is 0 Å². The summed E-state index contributed by atoms with van der Waals surface area (Å²) in [6, 6.07) is 12.7. The van der Waals surface area contributed by atoms with Gasteiger partial charge in [-0.25, -0.2) is 4.39 Å². The summed E-state index contributed by atoms with van der Waals surface area (Å²) in [5.74, 6) is -1.56. The SMILES string of the molecule is CC1(C)C(C=C(Cl)Cl)C1(C)C(=O)Oc1ccc(F)c(Oc2ccccc2)c1C#N. The number of allylic oxidation sites excluding steroid dienone is 1. The Labute approximate surface area is 178 Å². The molecule has 2 aromatic rings. The van der Waals surface area contributed by atoms with Crippen molar-refractivity contribution in [3.05, 3.63) is 64.4 Å². The monoisotopic (exact) mass is 433 g/mol. The van der Waals surface area contributed by atoms with Crippen LogP contribution in [-0.4, -0.2) is 5.97 Å². The van der Waals surface area contributed by atoms with Crippen molar-refractivity contribution in [2.75, 3.05) is 0 Å². The molecular weight excluding hydrogens is 416 g/mol. The summed E-state index contributed by atoms with van der Waals surface area (Å²) in [6.07, 6.45) is 1.60. The van der Waals surface area contributed by atoms with Gasteiger partial charge in [-0.3, -0.25) is 4.79 Å². The zero-order chi connectivity index (χ0) is 21.4. The van der Waals surface area contributed by atoms with Crippen LogP contribution in [0.3, 0.4) is 0 Å². The molecule has 2 aromatic carbocycles. The van der Waals surface area contributed by atoms with Gasteiger partial charge >= 0.3 is 5.97 Å². The number of halogens is 3. The van der Waals surface area contributed by atoms with Crippen LogP contribution in [0.5, 0.6) is 17.2 Å². The van der Waals surface area contributed by atoms with Crippen molar-refractivity contribution < 1.29 is 18.7 Å². The van der Waals surface area contributed by atoms with Crippen LogP contribution < -0.4 is 9.47 Å². The first-order valence-electron chi connectivity index (χ1n) is 8.83. The standard InChI is InChI=1S/C22H18Cl2FNO3/c1-21(2)17(11-18(23)24)22(21,3)20(27)29-16-10-9-15(25)19(14(16)12-26)28-13-7-5-4-6-8-13/h4-11,17H,1-3H3. The summed E-state index contributed by atoms with van der Waals surface area (Å²) in [5.41, 5.74) is -1.55. The highest BCUT2D eigenvalue weighted by Gasteiger charge is 2.72. The van der Waals surface area contributed by atoms with E-state index in [1.54, 1.807) is 43.3 Å². The number of carbonyl (C=O) groups is 1. The molecule has 0 aromatic heterocycles. The minimum atomic E-state index is -0.899. The fraction of sp³-hybridized carbons (Fsp3) is 0.273. The first kappa shape index (κ1) is 21.2. The topological polar surface area (TPSA) is 59.3 Å². The van der Waals surface area contributed by atoms with Crippen LogP contribution in [0.1, 0.15) is 26.3 Å². The minimum Gasteiger partial charge on any atom is -0.453 e. The van der Waals surface area contributed by atoms with Crippen LogP contribution in [0.2, 0.25) is 0 Å². The Bertz CT molecular complexity index is 1030. The molecule has 3 rings (SSSR count). The van der Waals surface area contributed by atoms with Gasteiger partial charge in [0.1, 0.15) is 21.9 Å². The van der Waals surface area contributed by atoms with Gasteiger partial charge in [-0.1, -0.05) is 55.2 Å².